The van der Waals surface area contributed by atoms with Crippen molar-refractivity contribution in [3.8, 4) is 0 Å². The maximum absolute atomic E-state index is 13.2. The van der Waals surface area contributed by atoms with E-state index in [9.17, 15) is 4.79 Å². The third-order valence-corrected chi connectivity index (χ3v) is 7.19. The average Bonchev–Trinajstić information content (AvgIpc) is 3.25. The van der Waals surface area contributed by atoms with Gasteiger partial charge in [-0.2, -0.15) is 5.10 Å². The number of carbonyl (C=O) groups excluding carboxylic acids is 1. The second kappa shape index (κ2) is 8.03. The Kier molecular flexibility index (Phi) is 5.24. The highest BCUT2D eigenvalue weighted by Crippen LogP contribution is 2.40. The van der Waals surface area contributed by atoms with Crippen LogP contribution in [0.3, 0.4) is 0 Å². The zero-order valence-electron chi connectivity index (χ0n) is 16.9. The van der Waals surface area contributed by atoms with E-state index < -0.39 is 0 Å². The lowest BCUT2D eigenvalue weighted by molar-refractivity contribution is -0.130. The van der Waals surface area contributed by atoms with Crippen LogP contribution in [0.2, 0.25) is 0 Å². The standard InChI is InChI=1S/C21H23N5O2S2/c1-13(2)20-22-23-21(25(20)14-7-8-14)30-12-19(27)26-16(18-6-4-10-29-18)11-15(24-26)17-5-3-9-28-17/h3-6,9-10,13-14,16H,7-8,11-12H2,1-2H3. The van der Waals surface area contributed by atoms with Gasteiger partial charge < -0.3 is 8.98 Å². The van der Waals surface area contributed by atoms with Crippen molar-refractivity contribution in [1.29, 1.82) is 0 Å². The minimum atomic E-state index is -0.0919. The summed E-state index contributed by atoms with van der Waals surface area (Å²) in [6.45, 7) is 4.26. The Morgan fingerprint density at radius 2 is 2.17 bits per heavy atom. The molecule has 9 heteroatoms. The topological polar surface area (TPSA) is 76.5 Å². The SMILES string of the molecule is CC(C)c1nnc(SCC(=O)N2N=C(c3ccco3)CC2c2cccs2)n1C1CC1. The molecule has 0 N–H and O–H groups in total. The Balaban J connectivity index is 1.35. The molecule has 1 amide bonds. The molecular formula is C21H23N5O2S2. The summed E-state index contributed by atoms with van der Waals surface area (Å²) in [5, 5.41) is 17.9. The lowest BCUT2D eigenvalue weighted by Crippen LogP contribution is -2.28. The number of hydrogen-bond acceptors (Lipinski definition) is 7. The lowest BCUT2D eigenvalue weighted by atomic mass is 10.1. The van der Waals surface area contributed by atoms with Gasteiger partial charge in [-0.05, 0) is 36.4 Å². The highest BCUT2D eigenvalue weighted by atomic mass is 32.2. The molecule has 30 heavy (non-hydrogen) atoms. The molecule has 0 spiro atoms. The van der Waals surface area contributed by atoms with Crippen molar-refractivity contribution in [1.82, 2.24) is 19.8 Å². The second-order valence-corrected chi connectivity index (χ2v) is 9.80. The Morgan fingerprint density at radius 3 is 2.83 bits per heavy atom. The van der Waals surface area contributed by atoms with Gasteiger partial charge in [-0.1, -0.05) is 31.7 Å². The van der Waals surface area contributed by atoms with E-state index in [1.165, 1.54) is 11.8 Å². The molecular weight excluding hydrogens is 418 g/mol. The molecule has 0 radical (unpaired) electrons. The summed E-state index contributed by atoms with van der Waals surface area (Å²) in [7, 11) is 0. The zero-order chi connectivity index (χ0) is 20.7. The molecule has 0 bridgehead atoms. The Hall–Kier alpha value is -2.39. The summed E-state index contributed by atoms with van der Waals surface area (Å²) in [6.07, 6.45) is 4.60. The van der Waals surface area contributed by atoms with Crippen LogP contribution in [0.25, 0.3) is 0 Å². The van der Waals surface area contributed by atoms with Crippen molar-refractivity contribution < 1.29 is 9.21 Å². The van der Waals surface area contributed by atoms with Crippen molar-refractivity contribution in [3.63, 3.8) is 0 Å². The summed E-state index contributed by atoms with van der Waals surface area (Å²) in [6, 6.07) is 8.18. The van der Waals surface area contributed by atoms with E-state index in [1.807, 2.05) is 23.6 Å². The molecule has 0 saturated heterocycles. The first-order chi connectivity index (χ1) is 14.6. The van der Waals surface area contributed by atoms with Crippen LogP contribution < -0.4 is 0 Å². The van der Waals surface area contributed by atoms with E-state index in [4.69, 9.17) is 4.42 Å². The smallest absolute Gasteiger partial charge is 0.253 e. The largest absolute Gasteiger partial charge is 0.463 e. The van der Waals surface area contributed by atoms with Gasteiger partial charge in [-0.15, -0.1) is 21.5 Å². The van der Waals surface area contributed by atoms with Gasteiger partial charge in [-0.3, -0.25) is 4.79 Å². The van der Waals surface area contributed by atoms with Gasteiger partial charge in [0.25, 0.3) is 5.91 Å². The van der Waals surface area contributed by atoms with E-state index in [-0.39, 0.29) is 17.7 Å². The van der Waals surface area contributed by atoms with Crippen LogP contribution in [0.15, 0.2) is 50.6 Å². The van der Waals surface area contributed by atoms with E-state index >= 15 is 0 Å². The minimum absolute atomic E-state index is 0.0311. The van der Waals surface area contributed by atoms with Crippen LogP contribution in [0, 0.1) is 0 Å². The lowest BCUT2D eigenvalue weighted by Gasteiger charge is -2.20. The summed E-state index contributed by atoms with van der Waals surface area (Å²) >= 11 is 3.10. The fourth-order valence-electron chi connectivity index (χ4n) is 3.68. The molecule has 2 aliphatic rings. The number of aromatic nitrogens is 3. The van der Waals surface area contributed by atoms with E-state index in [1.54, 1.807) is 22.6 Å². The van der Waals surface area contributed by atoms with Crippen LogP contribution >= 0.6 is 23.1 Å². The van der Waals surface area contributed by atoms with E-state index in [2.05, 4.69) is 39.8 Å². The molecule has 0 aromatic carbocycles. The minimum Gasteiger partial charge on any atom is -0.463 e. The quantitative estimate of drug-likeness (QED) is 0.489. The van der Waals surface area contributed by atoms with Gasteiger partial charge in [0.2, 0.25) is 0 Å². The Labute approximate surface area is 183 Å². The zero-order valence-corrected chi connectivity index (χ0v) is 18.5. The van der Waals surface area contributed by atoms with Crippen molar-refractivity contribution in [2.24, 2.45) is 5.10 Å². The average molecular weight is 442 g/mol. The maximum Gasteiger partial charge on any atom is 0.253 e. The summed E-state index contributed by atoms with van der Waals surface area (Å²) < 4.78 is 7.75. The fourth-order valence-corrected chi connectivity index (χ4v) is 5.36. The predicted octanol–water partition coefficient (Wildman–Crippen LogP) is 4.86. The van der Waals surface area contributed by atoms with Gasteiger partial charge in [0.05, 0.1) is 18.1 Å². The summed E-state index contributed by atoms with van der Waals surface area (Å²) in [5.41, 5.74) is 0.806. The third kappa shape index (κ3) is 3.72. The van der Waals surface area contributed by atoms with Crippen molar-refractivity contribution in [2.45, 2.75) is 56.3 Å². The highest BCUT2D eigenvalue weighted by Gasteiger charge is 2.35. The van der Waals surface area contributed by atoms with Crippen molar-refractivity contribution in [3.05, 3.63) is 52.4 Å². The molecule has 5 rings (SSSR count). The number of hydrogen-bond donors (Lipinski definition) is 0. The molecule has 4 heterocycles. The molecule has 1 saturated carbocycles. The molecule has 1 atom stereocenters. The number of carbonyl (C=O) groups is 1. The molecule has 7 nitrogen and oxygen atoms in total. The molecule has 3 aromatic heterocycles. The van der Waals surface area contributed by atoms with Crippen LogP contribution in [0.1, 0.15) is 67.6 Å². The molecule has 1 fully saturated rings. The number of hydrazone groups is 1. The normalized spacial score (nSPS) is 19.0. The van der Waals surface area contributed by atoms with Gasteiger partial charge in [0.1, 0.15) is 17.3 Å². The first kappa shape index (κ1) is 19.6. The van der Waals surface area contributed by atoms with Crippen LogP contribution in [-0.2, 0) is 4.79 Å². The number of rotatable bonds is 7. The molecule has 1 unspecified atom stereocenters. The van der Waals surface area contributed by atoms with Crippen molar-refractivity contribution in [2.75, 3.05) is 5.75 Å². The Morgan fingerprint density at radius 1 is 1.30 bits per heavy atom. The monoisotopic (exact) mass is 441 g/mol. The number of furan rings is 1. The maximum atomic E-state index is 13.2. The van der Waals surface area contributed by atoms with Crippen LogP contribution in [0.5, 0.6) is 0 Å². The fraction of sp³-hybridized carbons (Fsp3) is 0.429. The number of nitrogens with zero attached hydrogens (tertiary/aromatic N) is 5. The first-order valence-corrected chi connectivity index (χ1v) is 12.0. The molecule has 3 aromatic rings. The Bertz CT molecular complexity index is 1050. The number of thiophene rings is 1. The van der Waals surface area contributed by atoms with Gasteiger partial charge >= 0.3 is 0 Å². The number of thioether (sulfide) groups is 1. The third-order valence-electron chi connectivity index (χ3n) is 5.29. The molecule has 1 aliphatic heterocycles. The molecule has 156 valence electrons. The van der Waals surface area contributed by atoms with Crippen LogP contribution in [-0.4, -0.2) is 37.1 Å². The highest BCUT2D eigenvalue weighted by molar-refractivity contribution is 7.99. The van der Waals surface area contributed by atoms with Gasteiger partial charge in [-0.25, -0.2) is 5.01 Å². The molecule has 1 aliphatic carbocycles. The summed E-state index contributed by atoms with van der Waals surface area (Å²) in [5.74, 6) is 2.28. The van der Waals surface area contributed by atoms with Crippen molar-refractivity contribution >= 4 is 34.7 Å². The van der Waals surface area contributed by atoms with Crippen LogP contribution in [0.4, 0.5) is 0 Å². The number of amides is 1. The van der Waals surface area contributed by atoms with Gasteiger partial charge in [0, 0.05) is 23.3 Å². The van der Waals surface area contributed by atoms with E-state index in [0.717, 1.165) is 40.2 Å². The predicted molar refractivity (Wildman–Crippen MR) is 117 cm³/mol. The summed E-state index contributed by atoms with van der Waals surface area (Å²) in [4.78, 5) is 14.3. The second-order valence-electron chi connectivity index (χ2n) is 7.88. The first-order valence-electron chi connectivity index (χ1n) is 10.2. The van der Waals surface area contributed by atoms with E-state index in [0.29, 0.717) is 18.4 Å². The van der Waals surface area contributed by atoms with Gasteiger partial charge in [0.15, 0.2) is 5.16 Å².